The Bertz CT molecular complexity index is 547. The van der Waals surface area contributed by atoms with Crippen LogP contribution in [-0.4, -0.2) is 14.8 Å². The molecule has 0 atom stereocenters. The molecule has 3 aromatic rings. The lowest BCUT2D eigenvalue weighted by atomic mass is 10.4. The van der Waals surface area contributed by atoms with Crippen LogP contribution in [0, 0.1) is 0 Å². The van der Waals surface area contributed by atoms with E-state index in [4.69, 9.17) is 0 Å². The number of nitrogens with zero attached hydrogens (tertiary/aromatic N) is 3. The zero-order chi connectivity index (χ0) is 9.54. The van der Waals surface area contributed by atoms with E-state index < -0.39 is 0 Å². The molecule has 0 aromatic carbocycles. The first-order valence-corrected chi connectivity index (χ1v) is 5.85. The molecule has 0 aliphatic carbocycles. The SMILES string of the molecule is Cn1cnnc1-c1cc2sccc2s1. The highest BCUT2D eigenvalue weighted by Gasteiger charge is 2.09. The molecule has 70 valence electrons. The smallest absolute Gasteiger partial charge is 0.173 e. The van der Waals surface area contributed by atoms with Crippen LogP contribution in [0.25, 0.3) is 20.1 Å². The molecule has 0 saturated carbocycles. The molecule has 0 unspecified atom stereocenters. The lowest BCUT2D eigenvalue weighted by molar-refractivity contribution is 0.922. The molecule has 0 aliphatic rings. The highest BCUT2D eigenvalue weighted by Crippen LogP contribution is 2.34. The van der Waals surface area contributed by atoms with Gasteiger partial charge in [0.15, 0.2) is 5.82 Å². The van der Waals surface area contributed by atoms with Gasteiger partial charge in [0.05, 0.1) is 4.88 Å². The van der Waals surface area contributed by atoms with Gasteiger partial charge in [-0.05, 0) is 17.5 Å². The van der Waals surface area contributed by atoms with E-state index in [-0.39, 0.29) is 0 Å². The Balaban J connectivity index is 2.23. The molecule has 0 bridgehead atoms. The molecule has 0 amide bonds. The highest BCUT2D eigenvalue weighted by atomic mass is 32.1. The number of hydrogen-bond donors (Lipinski definition) is 0. The molecule has 0 spiro atoms. The van der Waals surface area contributed by atoms with Gasteiger partial charge in [0, 0.05) is 16.4 Å². The van der Waals surface area contributed by atoms with E-state index in [0.717, 1.165) is 5.82 Å². The molecule has 3 heterocycles. The number of aryl methyl sites for hydroxylation is 1. The van der Waals surface area contributed by atoms with Crippen LogP contribution in [0.15, 0.2) is 23.8 Å². The van der Waals surface area contributed by atoms with E-state index in [1.165, 1.54) is 14.3 Å². The third-order valence-corrected chi connectivity index (χ3v) is 4.16. The number of fused-ring (bicyclic) bond motifs is 1. The van der Waals surface area contributed by atoms with Gasteiger partial charge in [-0.15, -0.1) is 32.9 Å². The number of hydrogen-bond acceptors (Lipinski definition) is 4. The van der Waals surface area contributed by atoms with E-state index in [1.807, 2.05) is 11.6 Å². The second-order valence-corrected chi connectivity index (χ2v) is 5.06. The van der Waals surface area contributed by atoms with Crippen molar-refractivity contribution in [1.82, 2.24) is 14.8 Å². The van der Waals surface area contributed by atoms with Gasteiger partial charge < -0.3 is 4.57 Å². The van der Waals surface area contributed by atoms with Crippen molar-refractivity contribution in [1.29, 1.82) is 0 Å². The molecule has 0 radical (unpaired) electrons. The molecule has 3 aromatic heterocycles. The van der Waals surface area contributed by atoms with Crippen molar-refractivity contribution in [2.45, 2.75) is 0 Å². The summed E-state index contributed by atoms with van der Waals surface area (Å²) in [6.07, 6.45) is 1.73. The van der Waals surface area contributed by atoms with E-state index in [9.17, 15) is 0 Å². The Morgan fingerprint density at radius 3 is 3.00 bits per heavy atom. The Kier molecular flexibility index (Phi) is 1.68. The molecule has 0 N–H and O–H groups in total. The fourth-order valence-corrected chi connectivity index (χ4v) is 3.52. The maximum absolute atomic E-state index is 4.09. The summed E-state index contributed by atoms with van der Waals surface area (Å²) in [7, 11) is 1.96. The van der Waals surface area contributed by atoms with E-state index in [2.05, 4.69) is 27.7 Å². The van der Waals surface area contributed by atoms with Crippen LogP contribution in [0.5, 0.6) is 0 Å². The molecule has 0 saturated heterocycles. The maximum Gasteiger partial charge on any atom is 0.173 e. The first-order valence-electron chi connectivity index (χ1n) is 4.16. The topological polar surface area (TPSA) is 30.7 Å². The van der Waals surface area contributed by atoms with Gasteiger partial charge in [-0.25, -0.2) is 0 Å². The largest absolute Gasteiger partial charge is 0.316 e. The molecular formula is C9H7N3S2. The molecule has 14 heavy (non-hydrogen) atoms. The molecule has 3 rings (SSSR count). The lowest BCUT2D eigenvalue weighted by Crippen LogP contribution is -1.87. The third kappa shape index (κ3) is 1.09. The summed E-state index contributed by atoms with van der Waals surface area (Å²) in [5.41, 5.74) is 0. The number of thiophene rings is 2. The van der Waals surface area contributed by atoms with E-state index >= 15 is 0 Å². The Labute approximate surface area is 88.6 Å². The molecule has 0 aliphatic heterocycles. The van der Waals surface area contributed by atoms with Gasteiger partial charge in [-0.3, -0.25) is 0 Å². The average Bonchev–Trinajstić information content (AvgIpc) is 2.75. The van der Waals surface area contributed by atoms with E-state index in [1.54, 1.807) is 29.0 Å². The van der Waals surface area contributed by atoms with Gasteiger partial charge in [0.1, 0.15) is 6.33 Å². The highest BCUT2D eigenvalue weighted by molar-refractivity contribution is 7.28. The summed E-state index contributed by atoms with van der Waals surface area (Å²) in [6.45, 7) is 0. The van der Waals surface area contributed by atoms with Crippen LogP contribution in [0.3, 0.4) is 0 Å². The Morgan fingerprint density at radius 1 is 1.36 bits per heavy atom. The summed E-state index contributed by atoms with van der Waals surface area (Å²) in [5.74, 6) is 0.943. The van der Waals surface area contributed by atoms with Crippen molar-refractivity contribution in [3.8, 4) is 10.7 Å². The second kappa shape index (κ2) is 2.90. The first kappa shape index (κ1) is 8.14. The fourth-order valence-electron chi connectivity index (χ4n) is 1.38. The predicted molar refractivity (Wildman–Crippen MR) is 59.7 cm³/mol. The second-order valence-electron chi connectivity index (χ2n) is 3.03. The van der Waals surface area contributed by atoms with Crippen molar-refractivity contribution in [3.63, 3.8) is 0 Å². The Morgan fingerprint density at radius 2 is 2.29 bits per heavy atom. The van der Waals surface area contributed by atoms with Crippen molar-refractivity contribution < 1.29 is 0 Å². The van der Waals surface area contributed by atoms with Crippen molar-refractivity contribution >= 4 is 32.1 Å². The zero-order valence-corrected chi connectivity index (χ0v) is 9.10. The summed E-state index contributed by atoms with van der Waals surface area (Å²) < 4.78 is 4.59. The fraction of sp³-hybridized carbons (Fsp3) is 0.111. The minimum absolute atomic E-state index is 0.943. The van der Waals surface area contributed by atoms with Crippen molar-refractivity contribution in [2.24, 2.45) is 7.05 Å². The molecule has 5 heteroatoms. The van der Waals surface area contributed by atoms with Crippen LogP contribution in [0.4, 0.5) is 0 Å². The third-order valence-electron chi connectivity index (χ3n) is 2.07. The summed E-state index contributed by atoms with van der Waals surface area (Å²) in [6, 6.07) is 4.32. The van der Waals surface area contributed by atoms with Crippen molar-refractivity contribution in [2.75, 3.05) is 0 Å². The average molecular weight is 221 g/mol. The standard InChI is InChI=1S/C9H7N3S2/c1-12-5-10-11-9(12)8-4-7-6(14-8)2-3-13-7/h2-5H,1H3. The van der Waals surface area contributed by atoms with Gasteiger partial charge in [0.2, 0.25) is 0 Å². The minimum atomic E-state index is 0.943. The summed E-state index contributed by atoms with van der Waals surface area (Å²) in [4.78, 5) is 1.19. The Hall–Kier alpha value is -1.20. The van der Waals surface area contributed by atoms with Gasteiger partial charge in [0.25, 0.3) is 0 Å². The molecular weight excluding hydrogens is 214 g/mol. The first-order chi connectivity index (χ1) is 6.84. The van der Waals surface area contributed by atoms with Gasteiger partial charge in [-0.1, -0.05) is 0 Å². The quantitative estimate of drug-likeness (QED) is 0.632. The van der Waals surface area contributed by atoms with E-state index in [0.29, 0.717) is 0 Å². The zero-order valence-electron chi connectivity index (χ0n) is 7.47. The van der Waals surface area contributed by atoms with Gasteiger partial charge >= 0.3 is 0 Å². The van der Waals surface area contributed by atoms with Crippen LogP contribution in [0.1, 0.15) is 0 Å². The number of aromatic nitrogens is 3. The summed E-state index contributed by atoms with van der Waals surface area (Å²) >= 11 is 3.53. The number of rotatable bonds is 1. The normalized spacial score (nSPS) is 11.2. The van der Waals surface area contributed by atoms with Crippen molar-refractivity contribution in [3.05, 3.63) is 23.8 Å². The molecule has 0 fully saturated rings. The minimum Gasteiger partial charge on any atom is -0.316 e. The van der Waals surface area contributed by atoms with Crippen LogP contribution in [0.2, 0.25) is 0 Å². The van der Waals surface area contributed by atoms with Crippen LogP contribution in [-0.2, 0) is 7.05 Å². The van der Waals surface area contributed by atoms with Crippen LogP contribution >= 0.6 is 22.7 Å². The summed E-state index contributed by atoms with van der Waals surface area (Å²) in [5, 5.41) is 10.1. The monoisotopic (exact) mass is 221 g/mol. The van der Waals surface area contributed by atoms with Gasteiger partial charge in [-0.2, -0.15) is 0 Å². The van der Waals surface area contributed by atoms with Crippen LogP contribution < -0.4 is 0 Å². The lowest BCUT2D eigenvalue weighted by Gasteiger charge is -1.93. The predicted octanol–water partition coefficient (Wildman–Crippen LogP) is 2.76. The molecule has 3 nitrogen and oxygen atoms in total. The maximum atomic E-state index is 4.09.